The third-order valence-corrected chi connectivity index (χ3v) is 4.11. The summed E-state index contributed by atoms with van der Waals surface area (Å²) >= 11 is 0. The Kier molecular flexibility index (Phi) is 4.79. The van der Waals surface area contributed by atoms with Gasteiger partial charge in [0.15, 0.2) is 0 Å². The van der Waals surface area contributed by atoms with E-state index in [1.54, 1.807) is 7.11 Å². The van der Waals surface area contributed by atoms with Crippen LogP contribution in [0.4, 0.5) is 0 Å². The maximum absolute atomic E-state index is 5.31. The highest BCUT2D eigenvalue weighted by Gasteiger charge is 2.28. The minimum Gasteiger partial charge on any atom is -0.481 e. The van der Waals surface area contributed by atoms with Gasteiger partial charge in [-0.15, -0.1) is 0 Å². The van der Waals surface area contributed by atoms with Crippen molar-refractivity contribution in [2.24, 2.45) is 0 Å². The summed E-state index contributed by atoms with van der Waals surface area (Å²) in [7, 11) is 1.66. The Hall–Kier alpha value is -1.90. The largest absolute Gasteiger partial charge is 0.481 e. The Labute approximate surface area is 140 Å². The van der Waals surface area contributed by atoms with Gasteiger partial charge in [-0.1, -0.05) is 46.8 Å². The molecule has 0 atom stereocenters. The molecule has 2 aromatic rings. The number of nitrogens with zero attached hydrogens (tertiary/aromatic N) is 2. The Morgan fingerprint density at radius 1 is 1.00 bits per heavy atom. The second-order valence-corrected chi connectivity index (χ2v) is 7.89. The zero-order valence-electron chi connectivity index (χ0n) is 15.4. The van der Waals surface area contributed by atoms with Gasteiger partial charge < -0.3 is 4.74 Å². The molecule has 3 heteroatoms. The van der Waals surface area contributed by atoms with Gasteiger partial charge in [-0.2, -0.15) is 0 Å². The summed E-state index contributed by atoms with van der Waals surface area (Å²) in [6.07, 6.45) is 2.83. The highest BCUT2D eigenvalue weighted by molar-refractivity contribution is 5.33. The van der Waals surface area contributed by atoms with Gasteiger partial charge >= 0.3 is 0 Å². The molecule has 0 fully saturated rings. The van der Waals surface area contributed by atoms with Crippen LogP contribution >= 0.6 is 0 Å². The van der Waals surface area contributed by atoms with Crippen LogP contribution in [0.25, 0.3) is 0 Å². The summed E-state index contributed by atoms with van der Waals surface area (Å²) in [6.45, 7) is 13.1. The van der Waals surface area contributed by atoms with Gasteiger partial charge in [-0.3, -0.25) is 4.98 Å². The van der Waals surface area contributed by atoms with Crippen molar-refractivity contribution >= 4 is 0 Å². The summed E-state index contributed by atoms with van der Waals surface area (Å²) in [6, 6.07) is 8.34. The van der Waals surface area contributed by atoms with Crippen molar-refractivity contribution in [3.05, 3.63) is 53.0 Å². The quantitative estimate of drug-likeness (QED) is 0.827. The van der Waals surface area contributed by atoms with E-state index in [0.29, 0.717) is 5.88 Å². The summed E-state index contributed by atoms with van der Waals surface area (Å²) in [5.41, 5.74) is 4.57. The first-order chi connectivity index (χ1) is 10.6. The molecule has 0 aliphatic heterocycles. The maximum atomic E-state index is 5.31. The minimum atomic E-state index is -0.0516. The fourth-order valence-corrected chi connectivity index (χ4v) is 2.81. The second-order valence-electron chi connectivity index (χ2n) is 7.89. The van der Waals surface area contributed by atoms with Crippen molar-refractivity contribution in [1.82, 2.24) is 9.97 Å². The monoisotopic (exact) mass is 312 g/mol. The highest BCUT2D eigenvalue weighted by atomic mass is 16.5. The molecule has 0 saturated carbocycles. The van der Waals surface area contributed by atoms with Crippen LogP contribution in [0.1, 0.15) is 57.1 Å². The highest BCUT2D eigenvalue weighted by Crippen LogP contribution is 2.32. The molecule has 0 N–H and O–H groups in total. The van der Waals surface area contributed by atoms with E-state index >= 15 is 0 Å². The molecule has 0 saturated heterocycles. The predicted octanol–water partition coefficient (Wildman–Crippen LogP) is 4.61. The van der Waals surface area contributed by atoms with E-state index < -0.39 is 0 Å². The Balaban J connectivity index is 2.40. The zero-order valence-corrected chi connectivity index (χ0v) is 15.4. The molecule has 2 heterocycles. The van der Waals surface area contributed by atoms with E-state index in [1.165, 1.54) is 11.1 Å². The summed E-state index contributed by atoms with van der Waals surface area (Å²) < 4.78 is 5.31. The zero-order chi connectivity index (χ0) is 17.3. The molecule has 0 radical (unpaired) electrons. The van der Waals surface area contributed by atoms with Crippen LogP contribution in [0.2, 0.25) is 0 Å². The number of aryl methyl sites for hydroxylation is 1. The normalized spacial score (nSPS) is 12.3. The van der Waals surface area contributed by atoms with Crippen LogP contribution in [0, 0.1) is 6.92 Å². The van der Waals surface area contributed by atoms with Gasteiger partial charge in [0.05, 0.1) is 12.8 Å². The Morgan fingerprint density at radius 3 is 2.22 bits per heavy atom. The van der Waals surface area contributed by atoms with Gasteiger partial charge in [0.25, 0.3) is 0 Å². The lowest BCUT2D eigenvalue weighted by Crippen LogP contribution is -2.25. The first kappa shape index (κ1) is 17.5. The Morgan fingerprint density at radius 2 is 1.70 bits per heavy atom. The summed E-state index contributed by atoms with van der Waals surface area (Å²) in [4.78, 5) is 9.34. The smallest absolute Gasteiger partial charge is 0.213 e. The molecule has 0 bridgehead atoms. The van der Waals surface area contributed by atoms with Gasteiger partial charge in [-0.25, -0.2) is 4.98 Å². The average Bonchev–Trinajstić information content (AvgIpc) is 2.46. The molecule has 0 amide bonds. The van der Waals surface area contributed by atoms with Crippen LogP contribution < -0.4 is 4.74 Å². The van der Waals surface area contributed by atoms with Crippen molar-refractivity contribution in [1.29, 1.82) is 0 Å². The van der Waals surface area contributed by atoms with Crippen LogP contribution in [0.5, 0.6) is 5.88 Å². The van der Waals surface area contributed by atoms with E-state index in [2.05, 4.69) is 64.7 Å². The number of aromatic nitrogens is 2. The fraction of sp³-hybridized carbons (Fsp3) is 0.500. The average molecular weight is 312 g/mol. The molecule has 0 aliphatic carbocycles. The minimum absolute atomic E-state index is 0.0271. The van der Waals surface area contributed by atoms with Crippen LogP contribution in [0.15, 0.2) is 30.5 Å². The van der Waals surface area contributed by atoms with E-state index in [1.807, 2.05) is 12.3 Å². The van der Waals surface area contributed by atoms with Gasteiger partial charge in [0, 0.05) is 28.8 Å². The van der Waals surface area contributed by atoms with Crippen molar-refractivity contribution in [2.75, 3.05) is 7.11 Å². The molecular weight excluding hydrogens is 284 g/mol. The molecule has 2 rings (SSSR count). The first-order valence-electron chi connectivity index (χ1n) is 8.11. The molecule has 0 unspecified atom stereocenters. The van der Waals surface area contributed by atoms with Crippen molar-refractivity contribution in [3.8, 4) is 5.88 Å². The van der Waals surface area contributed by atoms with Crippen molar-refractivity contribution in [2.45, 2.75) is 58.8 Å². The number of hydrogen-bond donors (Lipinski definition) is 0. The van der Waals surface area contributed by atoms with Gasteiger partial charge in [-0.05, 0) is 30.5 Å². The predicted molar refractivity (Wildman–Crippen MR) is 95.2 cm³/mol. The van der Waals surface area contributed by atoms with Crippen molar-refractivity contribution < 1.29 is 4.74 Å². The Bertz CT molecular complexity index is 667. The standard InChI is InChI=1S/C20H28N2O/c1-14-8-10-16(21-13-14)20(5,6)12-15-9-11-17(23-7)22-18(15)19(2,3)4/h8-11,13H,12H2,1-7H3. The van der Waals surface area contributed by atoms with Gasteiger partial charge in [0.1, 0.15) is 0 Å². The van der Waals surface area contributed by atoms with Crippen molar-refractivity contribution in [3.63, 3.8) is 0 Å². The lowest BCUT2D eigenvalue weighted by molar-refractivity contribution is 0.389. The number of pyridine rings is 2. The topological polar surface area (TPSA) is 35.0 Å². The number of ether oxygens (including phenoxy) is 1. The van der Waals surface area contributed by atoms with Gasteiger partial charge in [0.2, 0.25) is 5.88 Å². The van der Waals surface area contributed by atoms with E-state index in [-0.39, 0.29) is 10.8 Å². The lowest BCUT2D eigenvalue weighted by atomic mass is 9.78. The number of hydrogen-bond acceptors (Lipinski definition) is 3. The summed E-state index contributed by atoms with van der Waals surface area (Å²) in [5, 5.41) is 0. The molecule has 0 aromatic carbocycles. The van der Waals surface area contributed by atoms with Crippen LogP contribution in [0.3, 0.4) is 0 Å². The number of methoxy groups -OCH3 is 1. The third-order valence-electron chi connectivity index (χ3n) is 4.11. The molecular formula is C20H28N2O. The molecule has 3 nitrogen and oxygen atoms in total. The third kappa shape index (κ3) is 4.10. The molecule has 2 aromatic heterocycles. The SMILES string of the molecule is COc1ccc(CC(C)(C)c2ccc(C)cn2)c(C(C)(C)C)n1. The van der Waals surface area contributed by atoms with E-state index in [4.69, 9.17) is 9.72 Å². The first-order valence-corrected chi connectivity index (χ1v) is 8.11. The molecule has 0 spiro atoms. The maximum Gasteiger partial charge on any atom is 0.213 e. The number of rotatable bonds is 4. The summed E-state index contributed by atoms with van der Waals surface area (Å²) in [5.74, 6) is 0.671. The van der Waals surface area contributed by atoms with E-state index in [9.17, 15) is 0 Å². The lowest BCUT2D eigenvalue weighted by Gasteiger charge is -2.28. The van der Waals surface area contributed by atoms with Crippen LogP contribution in [-0.4, -0.2) is 17.1 Å². The molecule has 23 heavy (non-hydrogen) atoms. The molecule has 124 valence electrons. The fourth-order valence-electron chi connectivity index (χ4n) is 2.81. The van der Waals surface area contributed by atoms with E-state index in [0.717, 1.165) is 17.8 Å². The second kappa shape index (κ2) is 6.31. The molecule has 0 aliphatic rings. The van der Waals surface area contributed by atoms with Crippen LogP contribution in [-0.2, 0) is 17.3 Å².